The van der Waals surface area contributed by atoms with Crippen LogP contribution >= 0.6 is 0 Å². The van der Waals surface area contributed by atoms with Gasteiger partial charge >= 0.3 is 0 Å². The van der Waals surface area contributed by atoms with Gasteiger partial charge in [0.15, 0.2) is 0 Å². The summed E-state index contributed by atoms with van der Waals surface area (Å²) in [4.78, 5) is 2.12. The monoisotopic (exact) mass is 338 g/mol. The Kier molecular flexibility index (Phi) is 21.2. The molecule has 0 fully saturated rings. The Balaban J connectivity index is -0.0000000952. The molecule has 0 aliphatic rings. The molecule has 0 rings (SSSR count). The zero-order valence-electron chi connectivity index (χ0n) is 13.0. The van der Waals surface area contributed by atoms with Crippen LogP contribution in [0.4, 0.5) is 0 Å². The maximum absolute atomic E-state index is 9.79. The SMILES string of the molecule is CCCS(=O)(=O)O.CCCS(=O)(=O)O.CCN(C)C.N. The molecule has 0 radical (unpaired) electrons. The summed E-state index contributed by atoms with van der Waals surface area (Å²) < 4.78 is 55.1. The van der Waals surface area contributed by atoms with Gasteiger partial charge in [-0.15, -0.1) is 0 Å². The Morgan fingerprint density at radius 1 is 0.800 bits per heavy atom. The molecule has 0 amide bonds. The van der Waals surface area contributed by atoms with Crippen molar-refractivity contribution in [2.45, 2.75) is 33.6 Å². The van der Waals surface area contributed by atoms with Gasteiger partial charge in [-0.3, -0.25) is 9.11 Å². The molecule has 0 unspecified atom stereocenters. The Hall–Kier alpha value is -0.260. The van der Waals surface area contributed by atoms with Crippen molar-refractivity contribution in [1.82, 2.24) is 11.1 Å². The lowest BCUT2D eigenvalue weighted by Gasteiger charge is -2.00. The molecule has 0 aliphatic carbocycles. The first kappa shape index (κ1) is 28.0. The number of rotatable bonds is 5. The average Bonchev–Trinajstić information content (AvgIpc) is 2.15. The third-order valence-electron chi connectivity index (χ3n) is 1.56. The van der Waals surface area contributed by atoms with Crippen molar-refractivity contribution < 1.29 is 25.9 Å². The predicted molar refractivity (Wildman–Crippen MR) is 82.7 cm³/mol. The van der Waals surface area contributed by atoms with Crippen molar-refractivity contribution in [3.63, 3.8) is 0 Å². The first-order valence-corrected chi connectivity index (χ1v) is 9.16. The highest BCUT2D eigenvalue weighted by Gasteiger charge is 1.98. The summed E-state index contributed by atoms with van der Waals surface area (Å²) in [6.45, 7) is 6.64. The van der Waals surface area contributed by atoms with Crippen LogP contribution in [-0.4, -0.2) is 63.0 Å². The van der Waals surface area contributed by atoms with Crippen LogP contribution in [0.5, 0.6) is 0 Å². The van der Waals surface area contributed by atoms with Crippen LogP contribution in [0.2, 0.25) is 0 Å². The number of hydrogen-bond donors (Lipinski definition) is 3. The zero-order valence-corrected chi connectivity index (χ0v) is 14.7. The highest BCUT2D eigenvalue weighted by molar-refractivity contribution is 7.86. The smallest absolute Gasteiger partial charge is 0.264 e. The van der Waals surface area contributed by atoms with E-state index in [-0.39, 0.29) is 17.7 Å². The van der Waals surface area contributed by atoms with Gasteiger partial charge in [0.05, 0.1) is 11.5 Å². The highest BCUT2D eigenvalue weighted by atomic mass is 32.2. The van der Waals surface area contributed by atoms with E-state index in [1.54, 1.807) is 13.8 Å². The second-order valence-corrected chi connectivity index (χ2v) is 7.11. The molecule has 0 saturated heterocycles. The lowest BCUT2D eigenvalue weighted by Crippen LogP contribution is -2.08. The summed E-state index contributed by atoms with van der Waals surface area (Å²) in [7, 11) is -3.24. The Bertz CT molecular complexity index is 345. The van der Waals surface area contributed by atoms with Crippen molar-refractivity contribution in [2.75, 3.05) is 32.1 Å². The molecule has 0 heterocycles. The molecule has 128 valence electrons. The normalized spacial score (nSPS) is 10.6. The molecule has 0 spiro atoms. The summed E-state index contributed by atoms with van der Waals surface area (Å²) in [5, 5.41) is 0. The van der Waals surface area contributed by atoms with Crippen LogP contribution in [0, 0.1) is 0 Å². The molecule has 0 aliphatic heterocycles. The average molecular weight is 338 g/mol. The summed E-state index contributed by atoms with van der Waals surface area (Å²) in [5.41, 5.74) is 0. The van der Waals surface area contributed by atoms with Gasteiger partial charge in [0.25, 0.3) is 20.2 Å². The molecule has 0 atom stereocenters. The second-order valence-electron chi connectivity index (χ2n) is 3.97. The topological polar surface area (TPSA) is 147 Å². The Morgan fingerprint density at radius 2 is 1.00 bits per heavy atom. The van der Waals surface area contributed by atoms with E-state index in [0.717, 1.165) is 6.54 Å². The minimum absolute atomic E-state index is 0. The Labute approximate surface area is 123 Å². The molecule has 0 saturated carbocycles. The van der Waals surface area contributed by atoms with Crippen LogP contribution in [0.3, 0.4) is 0 Å². The van der Waals surface area contributed by atoms with E-state index in [1.165, 1.54) is 0 Å². The third kappa shape index (κ3) is 52.4. The number of hydrogen-bond acceptors (Lipinski definition) is 6. The van der Waals surface area contributed by atoms with Crippen molar-refractivity contribution in [3.05, 3.63) is 0 Å². The largest absolute Gasteiger partial charge is 0.344 e. The van der Waals surface area contributed by atoms with Gasteiger partial charge in [0.2, 0.25) is 0 Å². The predicted octanol–water partition coefficient (Wildman–Crippen LogP) is 1.30. The van der Waals surface area contributed by atoms with Gasteiger partial charge in [0.1, 0.15) is 0 Å². The standard InChI is InChI=1S/C4H11N.2C3H8O3S.H3N/c1-4-5(2)3;2*1-2-3-7(4,5)6;/h4H2,1-3H3;2*2-3H2,1H3,(H,4,5,6);1H3. The van der Waals surface area contributed by atoms with Crippen molar-refractivity contribution in [1.29, 1.82) is 0 Å². The lowest BCUT2D eigenvalue weighted by molar-refractivity contribution is 0.434. The molecule has 0 aromatic heterocycles. The first-order valence-electron chi connectivity index (χ1n) is 5.94. The zero-order chi connectivity index (χ0) is 16.1. The van der Waals surface area contributed by atoms with Crippen LogP contribution in [0.25, 0.3) is 0 Å². The van der Waals surface area contributed by atoms with Crippen molar-refractivity contribution in [3.8, 4) is 0 Å². The van der Waals surface area contributed by atoms with E-state index in [9.17, 15) is 16.8 Å². The van der Waals surface area contributed by atoms with Gasteiger partial charge in [-0.25, -0.2) is 0 Å². The van der Waals surface area contributed by atoms with E-state index >= 15 is 0 Å². The lowest BCUT2D eigenvalue weighted by atomic mass is 10.6. The maximum atomic E-state index is 9.79. The van der Waals surface area contributed by atoms with Crippen LogP contribution < -0.4 is 6.15 Å². The third-order valence-corrected chi connectivity index (χ3v) is 3.40. The molecule has 8 nitrogen and oxygen atoms in total. The molecule has 0 aromatic rings. The second kappa shape index (κ2) is 15.1. The molecule has 5 N–H and O–H groups in total. The minimum Gasteiger partial charge on any atom is -0.344 e. The molecule has 0 aromatic carbocycles. The van der Waals surface area contributed by atoms with Crippen LogP contribution in [0.1, 0.15) is 33.6 Å². The van der Waals surface area contributed by atoms with Gasteiger partial charge in [0, 0.05) is 0 Å². The fraction of sp³-hybridized carbons (Fsp3) is 1.00. The van der Waals surface area contributed by atoms with Crippen molar-refractivity contribution >= 4 is 20.2 Å². The van der Waals surface area contributed by atoms with Gasteiger partial charge in [-0.1, -0.05) is 20.8 Å². The molecular formula is C10H30N2O6S2. The van der Waals surface area contributed by atoms with Crippen molar-refractivity contribution in [2.24, 2.45) is 0 Å². The summed E-state index contributed by atoms with van der Waals surface area (Å²) in [6.07, 6.45) is 0.942. The Morgan fingerprint density at radius 3 is 1.00 bits per heavy atom. The van der Waals surface area contributed by atoms with Gasteiger partial charge in [-0.2, -0.15) is 16.8 Å². The maximum Gasteiger partial charge on any atom is 0.264 e. The quantitative estimate of drug-likeness (QED) is 0.635. The molecule has 0 bridgehead atoms. The van der Waals surface area contributed by atoms with Crippen LogP contribution in [0.15, 0.2) is 0 Å². The van der Waals surface area contributed by atoms with E-state index < -0.39 is 20.2 Å². The van der Waals surface area contributed by atoms with E-state index in [4.69, 9.17) is 9.11 Å². The van der Waals surface area contributed by atoms with Gasteiger partial charge in [-0.05, 0) is 33.5 Å². The fourth-order valence-electron chi connectivity index (χ4n) is 0.516. The highest BCUT2D eigenvalue weighted by Crippen LogP contribution is 1.84. The first-order chi connectivity index (χ1) is 8.39. The molecule has 10 heteroatoms. The molecule has 20 heavy (non-hydrogen) atoms. The summed E-state index contributed by atoms with van der Waals surface area (Å²) >= 11 is 0. The minimum atomic E-state index is -3.67. The van der Waals surface area contributed by atoms with E-state index in [0.29, 0.717) is 12.8 Å². The molecular weight excluding hydrogens is 308 g/mol. The number of nitrogens with zero attached hydrogens (tertiary/aromatic N) is 1. The van der Waals surface area contributed by atoms with Crippen LogP contribution in [-0.2, 0) is 20.2 Å². The van der Waals surface area contributed by atoms with E-state index in [2.05, 4.69) is 25.9 Å². The summed E-state index contributed by atoms with van der Waals surface area (Å²) in [6, 6.07) is 0. The van der Waals surface area contributed by atoms with E-state index in [1.807, 2.05) is 0 Å². The van der Waals surface area contributed by atoms with Gasteiger partial charge < -0.3 is 11.1 Å². The fourth-order valence-corrected chi connectivity index (χ4v) is 1.55. The summed E-state index contributed by atoms with van der Waals surface area (Å²) in [5.74, 6) is -0.264.